The molecule has 2 amide bonds. The Morgan fingerprint density at radius 1 is 1.13 bits per heavy atom. The monoisotopic (exact) mass is 424 g/mol. The minimum absolute atomic E-state index is 0.0565. The highest BCUT2D eigenvalue weighted by Crippen LogP contribution is 2.55. The average molecular weight is 425 g/mol. The van der Waals surface area contributed by atoms with Gasteiger partial charge in [0.05, 0.1) is 11.7 Å². The molecule has 2 aromatic rings. The molecular weight excluding hydrogens is 392 g/mol. The first kappa shape index (κ1) is 20.3. The number of carbonyl (C=O) groups excluding carboxylic acids is 2. The third-order valence-electron chi connectivity index (χ3n) is 7.36. The molecule has 4 fully saturated rings. The summed E-state index contributed by atoms with van der Waals surface area (Å²) in [6, 6.07) is 2.00. The summed E-state index contributed by atoms with van der Waals surface area (Å²) in [5.41, 5.74) is 0.192. The summed E-state index contributed by atoms with van der Waals surface area (Å²) in [4.78, 5) is 25.3. The average Bonchev–Trinajstić information content (AvgIpc) is 3.31. The molecule has 8 heteroatoms. The highest BCUT2D eigenvalue weighted by Gasteiger charge is 2.56. The maximum atomic E-state index is 13.5. The van der Waals surface area contributed by atoms with Gasteiger partial charge in [-0.25, -0.2) is 9.36 Å². The molecular formula is C23H32N6O2. The van der Waals surface area contributed by atoms with Gasteiger partial charge in [-0.15, -0.1) is 0 Å². The van der Waals surface area contributed by atoms with Gasteiger partial charge in [-0.2, -0.15) is 10.2 Å². The molecule has 2 aromatic heterocycles. The summed E-state index contributed by atoms with van der Waals surface area (Å²) in [7, 11) is 0. The van der Waals surface area contributed by atoms with Crippen LogP contribution >= 0.6 is 0 Å². The van der Waals surface area contributed by atoms with Crippen molar-refractivity contribution in [1.82, 2.24) is 30.2 Å². The molecule has 0 aromatic carbocycles. The number of aromatic nitrogens is 4. The van der Waals surface area contributed by atoms with Crippen LogP contribution in [0.15, 0.2) is 24.7 Å². The Morgan fingerprint density at radius 2 is 1.84 bits per heavy atom. The van der Waals surface area contributed by atoms with E-state index in [4.69, 9.17) is 0 Å². The summed E-state index contributed by atoms with van der Waals surface area (Å²) < 4.78 is 3.58. The predicted molar refractivity (Wildman–Crippen MR) is 116 cm³/mol. The summed E-state index contributed by atoms with van der Waals surface area (Å²) in [6.07, 6.45) is 10.5. The lowest BCUT2D eigenvalue weighted by Crippen LogP contribution is -2.66. The van der Waals surface area contributed by atoms with Gasteiger partial charge in [0.25, 0.3) is 5.91 Å². The van der Waals surface area contributed by atoms with E-state index in [9.17, 15) is 9.59 Å². The molecule has 2 heterocycles. The Morgan fingerprint density at radius 3 is 2.42 bits per heavy atom. The predicted octanol–water partition coefficient (Wildman–Crippen LogP) is 2.64. The van der Waals surface area contributed by atoms with E-state index in [0.29, 0.717) is 29.1 Å². The maximum absolute atomic E-state index is 13.5. The van der Waals surface area contributed by atoms with E-state index >= 15 is 0 Å². The van der Waals surface area contributed by atoms with Crippen LogP contribution in [0.4, 0.5) is 0 Å². The standard InChI is InChI=1S/C23H32N6O2/c1-14(30)27-23-10-15-8-16(11-23)19(17(9-15)12-23)26-20(31)18-13-25-29(22(2,3)4)21(18)28-7-5-6-24-28/h5-7,13,15-17,19H,8-12H2,1-4H3,(H,26,31)(H,27,30)/t15?,16-,17+,19?,23?. The number of amides is 2. The molecule has 2 N–H and O–H groups in total. The van der Waals surface area contributed by atoms with Crippen LogP contribution in [0.2, 0.25) is 0 Å². The molecule has 4 bridgehead atoms. The van der Waals surface area contributed by atoms with Gasteiger partial charge in [-0.05, 0) is 76.7 Å². The molecule has 0 saturated heterocycles. The lowest BCUT2D eigenvalue weighted by atomic mass is 9.51. The Balaban J connectivity index is 1.41. The number of rotatable bonds is 4. The Labute approximate surface area is 182 Å². The molecule has 166 valence electrons. The molecule has 4 aliphatic rings. The van der Waals surface area contributed by atoms with Crippen LogP contribution in [0, 0.1) is 17.8 Å². The molecule has 0 aliphatic heterocycles. The van der Waals surface area contributed by atoms with Crippen molar-refractivity contribution in [2.75, 3.05) is 0 Å². The van der Waals surface area contributed by atoms with E-state index in [1.807, 2.05) is 16.9 Å². The van der Waals surface area contributed by atoms with E-state index in [1.54, 1.807) is 24.0 Å². The largest absolute Gasteiger partial charge is 0.351 e. The molecule has 3 unspecified atom stereocenters. The number of hydrogen-bond donors (Lipinski definition) is 2. The quantitative estimate of drug-likeness (QED) is 0.789. The van der Waals surface area contributed by atoms with Gasteiger partial charge in [0.2, 0.25) is 5.91 Å². The fourth-order valence-electron chi connectivity index (χ4n) is 6.62. The van der Waals surface area contributed by atoms with Crippen LogP contribution in [-0.2, 0) is 10.3 Å². The maximum Gasteiger partial charge on any atom is 0.256 e. The molecule has 8 nitrogen and oxygen atoms in total. The Hall–Kier alpha value is -2.64. The molecule has 4 aliphatic carbocycles. The van der Waals surface area contributed by atoms with Gasteiger partial charge in [-0.3, -0.25) is 9.59 Å². The fraction of sp³-hybridized carbons (Fsp3) is 0.652. The van der Waals surface area contributed by atoms with Crippen molar-refractivity contribution in [3.63, 3.8) is 0 Å². The van der Waals surface area contributed by atoms with Crippen LogP contribution in [0.3, 0.4) is 0 Å². The normalized spacial score (nSPS) is 31.6. The van der Waals surface area contributed by atoms with Gasteiger partial charge >= 0.3 is 0 Å². The summed E-state index contributed by atoms with van der Waals surface area (Å²) in [5.74, 6) is 2.13. The zero-order valence-electron chi connectivity index (χ0n) is 18.8. The van der Waals surface area contributed by atoms with Crippen molar-refractivity contribution in [1.29, 1.82) is 0 Å². The fourth-order valence-corrected chi connectivity index (χ4v) is 6.62. The van der Waals surface area contributed by atoms with E-state index in [1.165, 1.54) is 0 Å². The van der Waals surface area contributed by atoms with Crippen molar-refractivity contribution < 1.29 is 9.59 Å². The van der Waals surface area contributed by atoms with Crippen molar-refractivity contribution in [2.45, 2.75) is 76.9 Å². The minimum atomic E-state index is -0.285. The third kappa shape index (κ3) is 3.46. The van der Waals surface area contributed by atoms with Crippen LogP contribution in [0.5, 0.6) is 0 Å². The van der Waals surface area contributed by atoms with Crippen LogP contribution in [0.1, 0.15) is 70.2 Å². The van der Waals surface area contributed by atoms with E-state index in [-0.39, 0.29) is 28.9 Å². The first-order valence-corrected chi connectivity index (χ1v) is 11.3. The van der Waals surface area contributed by atoms with Gasteiger partial charge in [0.1, 0.15) is 5.56 Å². The third-order valence-corrected chi connectivity index (χ3v) is 7.36. The topological polar surface area (TPSA) is 93.8 Å². The second-order valence-corrected chi connectivity index (χ2v) is 10.8. The molecule has 0 radical (unpaired) electrons. The van der Waals surface area contributed by atoms with E-state index in [0.717, 1.165) is 32.1 Å². The smallest absolute Gasteiger partial charge is 0.256 e. The first-order chi connectivity index (χ1) is 14.7. The van der Waals surface area contributed by atoms with E-state index in [2.05, 4.69) is 41.6 Å². The number of hydrogen-bond acceptors (Lipinski definition) is 4. The Bertz CT molecular complexity index is 986. The van der Waals surface area contributed by atoms with Gasteiger partial charge < -0.3 is 10.6 Å². The first-order valence-electron chi connectivity index (χ1n) is 11.3. The molecule has 31 heavy (non-hydrogen) atoms. The summed E-state index contributed by atoms with van der Waals surface area (Å²) >= 11 is 0. The van der Waals surface area contributed by atoms with Crippen molar-refractivity contribution in [3.05, 3.63) is 30.2 Å². The highest BCUT2D eigenvalue weighted by atomic mass is 16.2. The second kappa shape index (κ2) is 6.93. The van der Waals surface area contributed by atoms with Crippen LogP contribution < -0.4 is 10.6 Å². The zero-order valence-corrected chi connectivity index (χ0v) is 18.8. The second-order valence-electron chi connectivity index (χ2n) is 10.8. The van der Waals surface area contributed by atoms with Gasteiger partial charge in [0.15, 0.2) is 5.82 Å². The lowest BCUT2D eigenvalue weighted by molar-refractivity contribution is -0.125. The summed E-state index contributed by atoms with van der Waals surface area (Å²) in [6.45, 7) is 7.80. The molecule has 5 atom stereocenters. The highest BCUT2D eigenvalue weighted by molar-refractivity contribution is 5.97. The van der Waals surface area contributed by atoms with Crippen molar-refractivity contribution >= 4 is 11.8 Å². The number of carbonyl (C=O) groups is 2. The van der Waals surface area contributed by atoms with E-state index < -0.39 is 0 Å². The number of nitrogens with one attached hydrogen (secondary N) is 2. The van der Waals surface area contributed by atoms with Crippen molar-refractivity contribution in [3.8, 4) is 5.82 Å². The molecule has 4 saturated carbocycles. The Kier molecular flexibility index (Phi) is 4.53. The lowest BCUT2D eigenvalue weighted by Gasteiger charge is -2.60. The SMILES string of the molecule is CC(=O)NC12CC3C[C@H](C1)C(NC(=O)c1cnn(C(C)(C)C)c1-n1cccn1)[C@@H](C3)C2. The zero-order chi connectivity index (χ0) is 22.0. The van der Waals surface area contributed by atoms with Gasteiger partial charge in [-0.1, -0.05) is 0 Å². The van der Waals surface area contributed by atoms with Crippen LogP contribution in [0.25, 0.3) is 5.82 Å². The van der Waals surface area contributed by atoms with Crippen molar-refractivity contribution in [2.24, 2.45) is 17.8 Å². The minimum Gasteiger partial charge on any atom is -0.351 e. The summed E-state index contributed by atoms with van der Waals surface area (Å²) in [5, 5.41) is 15.5. The van der Waals surface area contributed by atoms with Gasteiger partial charge in [0, 0.05) is 30.9 Å². The molecule has 0 spiro atoms. The number of nitrogens with zero attached hydrogens (tertiary/aromatic N) is 4. The molecule has 6 rings (SSSR count). The van der Waals surface area contributed by atoms with Crippen LogP contribution in [-0.4, -0.2) is 43.0 Å².